The first-order valence-electron chi connectivity index (χ1n) is 5.19. The molecule has 0 radical (unpaired) electrons. The van der Waals surface area contributed by atoms with E-state index < -0.39 is 5.97 Å². The molecule has 0 atom stereocenters. The molecule has 0 saturated carbocycles. The molecule has 0 unspecified atom stereocenters. The van der Waals surface area contributed by atoms with Crippen LogP contribution >= 0.6 is 22.6 Å². The van der Waals surface area contributed by atoms with Gasteiger partial charge in [-0.25, -0.2) is 14.2 Å². The van der Waals surface area contributed by atoms with E-state index in [0.717, 1.165) is 0 Å². The summed E-state index contributed by atoms with van der Waals surface area (Å²) in [7, 11) is 0. The molecule has 1 aromatic heterocycles. The number of nitrogens with zero attached hydrogens (tertiary/aromatic N) is 1. The molecule has 19 heavy (non-hydrogen) atoms. The maximum Gasteiger partial charge on any atom is 0.337 e. The van der Waals surface area contributed by atoms with Crippen molar-refractivity contribution in [3.8, 4) is 0 Å². The fourth-order valence-electron chi connectivity index (χ4n) is 1.43. The molecule has 1 aromatic carbocycles. The first kappa shape index (κ1) is 13.5. The number of pyridine rings is 1. The van der Waals surface area contributed by atoms with E-state index in [-0.39, 0.29) is 22.9 Å². The van der Waals surface area contributed by atoms with Gasteiger partial charge in [0.25, 0.3) is 0 Å². The molecule has 2 aromatic rings. The number of nitrogens with two attached hydrogens (primary N) is 1. The molecule has 0 amide bonds. The first-order chi connectivity index (χ1) is 8.99. The third kappa shape index (κ3) is 2.92. The summed E-state index contributed by atoms with van der Waals surface area (Å²) in [5.74, 6) is -1.18. The number of hydrogen-bond acceptors (Lipinski definition) is 4. The van der Waals surface area contributed by atoms with Crippen LogP contribution in [0.1, 0.15) is 10.4 Å². The summed E-state index contributed by atoms with van der Waals surface area (Å²) in [6, 6.07) is 5.87. The lowest BCUT2D eigenvalue weighted by Crippen LogP contribution is -2.04. The number of carbonyl (C=O) groups is 1. The van der Waals surface area contributed by atoms with Crippen molar-refractivity contribution in [2.24, 2.45) is 0 Å². The number of halogens is 2. The molecule has 0 aliphatic carbocycles. The SMILES string of the molecule is Nc1cc(C(=O)O)cnc1Nc1cccc(F)c1I. The molecule has 0 saturated heterocycles. The summed E-state index contributed by atoms with van der Waals surface area (Å²) in [6.07, 6.45) is 1.19. The van der Waals surface area contributed by atoms with Crippen LogP contribution in [0, 0.1) is 9.39 Å². The Bertz CT molecular complexity index is 649. The predicted molar refractivity (Wildman–Crippen MR) is 78.0 cm³/mol. The second-order valence-electron chi connectivity index (χ2n) is 3.69. The lowest BCUT2D eigenvalue weighted by molar-refractivity contribution is 0.0696. The number of benzene rings is 1. The van der Waals surface area contributed by atoms with Crippen molar-refractivity contribution in [1.82, 2.24) is 4.98 Å². The standard InChI is InChI=1S/C12H9FIN3O2/c13-7-2-1-3-9(10(7)14)17-11-8(15)4-6(5-16-11)12(18)19/h1-5H,15H2,(H,16,17)(H,18,19). The molecule has 7 heteroatoms. The van der Waals surface area contributed by atoms with Crippen molar-refractivity contribution in [1.29, 1.82) is 0 Å². The van der Waals surface area contributed by atoms with E-state index in [0.29, 0.717) is 9.26 Å². The average Bonchev–Trinajstić information content (AvgIpc) is 2.37. The van der Waals surface area contributed by atoms with Crippen molar-refractivity contribution >= 4 is 45.8 Å². The Kier molecular flexibility index (Phi) is 3.84. The largest absolute Gasteiger partial charge is 0.478 e. The van der Waals surface area contributed by atoms with Gasteiger partial charge in [0.15, 0.2) is 5.82 Å². The van der Waals surface area contributed by atoms with Gasteiger partial charge in [-0.1, -0.05) is 6.07 Å². The maximum atomic E-state index is 13.4. The van der Waals surface area contributed by atoms with Gasteiger partial charge < -0.3 is 16.2 Å². The number of rotatable bonds is 3. The normalized spacial score (nSPS) is 10.2. The minimum Gasteiger partial charge on any atom is -0.478 e. The van der Waals surface area contributed by atoms with Gasteiger partial charge in [0.1, 0.15) is 5.82 Å². The van der Waals surface area contributed by atoms with E-state index in [1.165, 1.54) is 18.3 Å². The second kappa shape index (κ2) is 5.39. The number of carboxylic acid groups (broad SMARTS) is 1. The molecule has 2 rings (SSSR count). The summed E-state index contributed by atoms with van der Waals surface area (Å²) >= 11 is 1.86. The number of hydrogen-bond donors (Lipinski definition) is 3. The number of carboxylic acids is 1. The number of aromatic nitrogens is 1. The van der Waals surface area contributed by atoms with Crippen LogP contribution in [0.3, 0.4) is 0 Å². The van der Waals surface area contributed by atoms with Gasteiger partial charge >= 0.3 is 5.97 Å². The summed E-state index contributed by atoms with van der Waals surface area (Å²) < 4.78 is 13.8. The van der Waals surface area contributed by atoms with Crippen molar-refractivity contribution in [3.63, 3.8) is 0 Å². The van der Waals surface area contributed by atoms with Crippen LogP contribution in [0.5, 0.6) is 0 Å². The highest BCUT2D eigenvalue weighted by Gasteiger charge is 2.10. The molecule has 1 heterocycles. The quantitative estimate of drug-likeness (QED) is 0.721. The minimum atomic E-state index is -1.11. The fourth-order valence-corrected chi connectivity index (χ4v) is 1.93. The molecule has 0 bridgehead atoms. The molecule has 5 nitrogen and oxygen atoms in total. The van der Waals surface area contributed by atoms with Crippen LogP contribution < -0.4 is 11.1 Å². The molecule has 0 aliphatic heterocycles. The van der Waals surface area contributed by atoms with Crippen LogP contribution in [0.25, 0.3) is 0 Å². The zero-order valence-corrected chi connectivity index (χ0v) is 11.7. The summed E-state index contributed by atoms with van der Waals surface area (Å²) in [5, 5.41) is 11.7. The van der Waals surface area contributed by atoms with E-state index in [2.05, 4.69) is 10.3 Å². The third-order valence-corrected chi connectivity index (χ3v) is 3.47. The highest BCUT2D eigenvalue weighted by atomic mass is 127. The van der Waals surface area contributed by atoms with E-state index in [1.807, 2.05) is 22.6 Å². The first-order valence-corrected chi connectivity index (χ1v) is 6.26. The molecular formula is C12H9FIN3O2. The highest BCUT2D eigenvalue weighted by Crippen LogP contribution is 2.26. The Labute approximate surface area is 121 Å². The molecule has 98 valence electrons. The Morgan fingerprint density at radius 1 is 1.47 bits per heavy atom. The van der Waals surface area contributed by atoms with Crippen molar-refractivity contribution in [3.05, 3.63) is 45.4 Å². The van der Waals surface area contributed by atoms with Crippen molar-refractivity contribution in [2.45, 2.75) is 0 Å². The van der Waals surface area contributed by atoms with Crippen LogP contribution in [0.2, 0.25) is 0 Å². The lowest BCUT2D eigenvalue weighted by atomic mass is 10.2. The molecule has 4 N–H and O–H groups in total. The Morgan fingerprint density at radius 2 is 2.21 bits per heavy atom. The molecule has 0 fully saturated rings. The van der Waals surface area contributed by atoms with Crippen LogP contribution in [-0.2, 0) is 0 Å². The van der Waals surface area contributed by atoms with Gasteiger partial charge in [0, 0.05) is 6.20 Å². The monoisotopic (exact) mass is 373 g/mol. The minimum absolute atomic E-state index is 0.00279. The van der Waals surface area contributed by atoms with E-state index in [9.17, 15) is 9.18 Å². The van der Waals surface area contributed by atoms with E-state index in [1.54, 1.807) is 12.1 Å². The number of anilines is 3. The summed E-state index contributed by atoms with van der Waals surface area (Å²) in [5.41, 5.74) is 6.40. The number of nitrogen functional groups attached to an aromatic ring is 1. The third-order valence-electron chi connectivity index (χ3n) is 2.37. The van der Waals surface area contributed by atoms with Crippen LogP contribution in [0.4, 0.5) is 21.6 Å². The fraction of sp³-hybridized carbons (Fsp3) is 0. The molecular weight excluding hydrogens is 364 g/mol. The average molecular weight is 373 g/mol. The zero-order chi connectivity index (χ0) is 14.0. The van der Waals surface area contributed by atoms with Gasteiger partial charge in [0.05, 0.1) is 20.5 Å². The summed E-state index contributed by atoms with van der Waals surface area (Å²) in [6.45, 7) is 0. The van der Waals surface area contributed by atoms with Crippen LogP contribution in [-0.4, -0.2) is 16.1 Å². The Hall–Kier alpha value is -1.90. The lowest BCUT2D eigenvalue weighted by Gasteiger charge is -2.10. The molecule has 0 aliphatic rings. The van der Waals surface area contributed by atoms with Gasteiger partial charge in [-0.3, -0.25) is 0 Å². The highest BCUT2D eigenvalue weighted by molar-refractivity contribution is 14.1. The smallest absolute Gasteiger partial charge is 0.337 e. The Balaban J connectivity index is 2.34. The number of nitrogens with one attached hydrogen (secondary N) is 1. The Morgan fingerprint density at radius 3 is 2.84 bits per heavy atom. The molecule has 0 spiro atoms. The van der Waals surface area contributed by atoms with Crippen LogP contribution in [0.15, 0.2) is 30.5 Å². The van der Waals surface area contributed by atoms with Gasteiger partial charge in [0.2, 0.25) is 0 Å². The van der Waals surface area contributed by atoms with Crippen molar-refractivity contribution in [2.75, 3.05) is 11.1 Å². The topological polar surface area (TPSA) is 88.2 Å². The second-order valence-corrected chi connectivity index (χ2v) is 4.77. The van der Waals surface area contributed by atoms with E-state index in [4.69, 9.17) is 10.8 Å². The van der Waals surface area contributed by atoms with E-state index >= 15 is 0 Å². The van der Waals surface area contributed by atoms with Gasteiger partial charge in [-0.05, 0) is 40.8 Å². The summed E-state index contributed by atoms with van der Waals surface area (Å²) in [4.78, 5) is 14.7. The van der Waals surface area contributed by atoms with Gasteiger partial charge in [-0.15, -0.1) is 0 Å². The number of aromatic carboxylic acids is 1. The maximum absolute atomic E-state index is 13.4. The zero-order valence-electron chi connectivity index (χ0n) is 9.52. The van der Waals surface area contributed by atoms with Crippen molar-refractivity contribution < 1.29 is 14.3 Å². The predicted octanol–water partition coefficient (Wildman–Crippen LogP) is 2.85. The van der Waals surface area contributed by atoms with Gasteiger partial charge in [-0.2, -0.15) is 0 Å².